The first-order chi connectivity index (χ1) is 5.75. The van der Waals surface area contributed by atoms with Gasteiger partial charge in [-0.3, -0.25) is 10.4 Å². The fourth-order valence-corrected chi connectivity index (χ4v) is 0.882. The number of pyridine rings is 1. The van der Waals surface area contributed by atoms with Crippen molar-refractivity contribution in [3.8, 4) is 0 Å². The fourth-order valence-electron chi connectivity index (χ4n) is 0.882. The fraction of sp³-hybridized carbons (Fsp3) is 0.143. The van der Waals surface area contributed by atoms with E-state index in [1.807, 2.05) is 0 Å². The van der Waals surface area contributed by atoms with Gasteiger partial charge in [0.25, 0.3) is 0 Å². The molecule has 0 amide bonds. The third kappa shape index (κ3) is 1.70. The van der Waals surface area contributed by atoms with Crippen LogP contribution < -0.4 is 16.2 Å². The monoisotopic (exact) mass is 165 g/mol. The van der Waals surface area contributed by atoms with E-state index in [4.69, 9.17) is 11.1 Å². The molecule has 1 aromatic rings. The van der Waals surface area contributed by atoms with Gasteiger partial charge in [0, 0.05) is 19.4 Å². The molecule has 4 N–H and O–H groups in total. The van der Waals surface area contributed by atoms with Crippen molar-refractivity contribution < 1.29 is 0 Å². The largest absolute Gasteiger partial charge is 0.369 e. The van der Waals surface area contributed by atoms with Gasteiger partial charge in [-0.1, -0.05) is 0 Å². The van der Waals surface area contributed by atoms with Crippen LogP contribution in [0.1, 0.15) is 0 Å². The SMILES string of the molecule is CNN(C(=N)N)c1ccncc1. The lowest BCUT2D eigenvalue weighted by Gasteiger charge is -2.20. The first-order valence-corrected chi connectivity index (χ1v) is 3.47. The minimum atomic E-state index is -0.0521. The maximum absolute atomic E-state index is 7.21. The van der Waals surface area contributed by atoms with E-state index >= 15 is 0 Å². The first kappa shape index (κ1) is 8.48. The first-order valence-electron chi connectivity index (χ1n) is 3.47. The molecule has 0 atom stereocenters. The van der Waals surface area contributed by atoms with Gasteiger partial charge in [-0.2, -0.15) is 0 Å². The van der Waals surface area contributed by atoms with Gasteiger partial charge in [-0.05, 0) is 12.1 Å². The number of anilines is 1. The number of nitrogens with zero attached hydrogens (tertiary/aromatic N) is 2. The summed E-state index contributed by atoms with van der Waals surface area (Å²) in [5.74, 6) is -0.0521. The molecule has 0 aliphatic carbocycles. The van der Waals surface area contributed by atoms with Crippen LogP contribution in [0.4, 0.5) is 5.69 Å². The van der Waals surface area contributed by atoms with E-state index in [9.17, 15) is 0 Å². The molecule has 5 nitrogen and oxygen atoms in total. The molecule has 64 valence electrons. The van der Waals surface area contributed by atoms with E-state index in [0.717, 1.165) is 5.69 Å². The van der Waals surface area contributed by atoms with E-state index in [0.29, 0.717) is 0 Å². The summed E-state index contributed by atoms with van der Waals surface area (Å²) in [5, 5.41) is 8.66. The van der Waals surface area contributed by atoms with Crippen LogP contribution in [0.2, 0.25) is 0 Å². The molecular weight excluding hydrogens is 154 g/mol. The molecule has 0 fully saturated rings. The molecule has 1 aromatic heterocycles. The standard InChI is InChI=1S/C7H11N5/c1-10-12(7(8)9)6-2-4-11-5-3-6/h2-5,10H,1H3,(H3,8,9). The highest BCUT2D eigenvalue weighted by molar-refractivity contribution is 5.91. The second-order valence-corrected chi connectivity index (χ2v) is 2.15. The molecule has 0 bridgehead atoms. The predicted octanol–water partition coefficient (Wildman–Crippen LogP) is -0.0841. The molecule has 0 spiro atoms. The molecule has 0 aliphatic heterocycles. The lowest BCUT2D eigenvalue weighted by atomic mass is 10.4. The van der Waals surface area contributed by atoms with Crippen molar-refractivity contribution in [3.63, 3.8) is 0 Å². The highest BCUT2D eigenvalue weighted by Gasteiger charge is 2.04. The van der Waals surface area contributed by atoms with Gasteiger partial charge in [0.15, 0.2) is 0 Å². The van der Waals surface area contributed by atoms with Crippen molar-refractivity contribution in [1.82, 2.24) is 10.4 Å². The quantitative estimate of drug-likeness (QED) is 0.325. The zero-order valence-electron chi connectivity index (χ0n) is 6.78. The average Bonchev–Trinajstić information content (AvgIpc) is 2.07. The number of nitrogens with one attached hydrogen (secondary N) is 2. The van der Waals surface area contributed by atoms with Crippen LogP contribution in [-0.2, 0) is 0 Å². The number of hydrazine groups is 1. The molecule has 5 heteroatoms. The summed E-state index contributed by atoms with van der Waals surface area (Å²) < 4.78 is 0. The third-order valence-corrected chi connectivity index (χ3v) is 1.39. The van der Waals surface area contributed by atoms with E-state index in [1.54, 1.807) is 31.6 Å². The van der Waals surface area contributed by atoms with E-state index in [-0.39, 0.29) is 5.96 Å². The van der Waals surface area contributed by atoms with E-state index in [1.165, 1.54) is 5.01 Å². The van der Waals surface area contributed by atoms with Gasteiger partial charge < -0.3 is 5.73 Å². The Morgan fingerprint density at radius 3 is 2.58 bits per heavy atom. The summed E-state index contributed by atoms with van der Waals surface area (Å²) in [6.07, 6.45) is 3.28. The Labute approximate surface area is 70.7 Å². The average molecular weight is 165 g/mol. The third-order valence-electron chi connectivity index (χ3n) is 1.39. The summed E-state index contributed by atoms with van der Waals surface area (Å²) >= 11 is 0. The van der Waals surface area contributed by atoms with Crippen LogP contribution in [0.25, 0.3) is 0 Å². The van der Waals surface area contributed by atoms with E-state index in [2.05, 4.69) is 10.4 Å². The number of hydrogen-bond acceptors (Lipinski definition) is 3. The van der Waals surface area contributed by atoms with Crippen LogP contribution in [0.3, 0.4) is 0 Å². The molecule has 0 radical (unpaired) electrons. The molecule has 0 aliphatic rings. The highest BCUT2D eigenvalue weighted by Crippen LogP contribution is 2.07. The number of hydrogen-bond donors (Lipinski definition) is 3. The molecule has 0 aromatic carbocycles. The lowest BCUT2D eigenvalue weighted by molar-refractivity contribution is 0.845. The van der Waals surface area contributed by atoms with Crippen molar-refractivity contribution in [2.45, 2.75) is 0 Å². The Morgan fingerprint density at radius 1 is 1.58 bits per heavy atom. The normalized spacial score (nSPS) is 9.42. The van der Waals surface area contributed by atoms with Gasteiger partial charge in [-0.15, -0.1) is 0 Å². The Balaban J connectivity index is 2.88. The summed E-state index contributed by atoms with van der Waals surface area (Å²) in [4.78, 5) is 3.86. The zero-order chi connectivity index (χ0) is 8.97. The van der Waals surface area contributed by atoms with Gasteiger partial charge in [-0.25, -0.2) is 10.4 Å². The molecular formula is C7H11N5. The molecule has 0 unspecified atom stereocenters. The van der Waals surface area contributed by atoms with Gasteiger partial charge in [0.1, 0.15) is 0 Å². The van der Waals surface area contributed by atoms with Crippen LogP contribution in [-0.4, -0.2) is 18.0 Å². The maximum atomic E-state index is 7.21. The second kappa shape index (κ2) is 3.68. The summed E-state index contributed by atoms with van der Waals surface area (Å²) in [5.41, 5.74) is 8.87. The zero-order valence-corrected chi connectivity index (χ0v) is 6.78. The summed E-state index contributed by atoms with van der Waals surface area (Å²) in [6.45, 7) is 0. The van der Waals surface area contributed by atoms with Crippen molar-refractivity contribution in [1.29, 1.82) is 5.41 Å². The number of aromatic nitrogens is 1. The number of guanidine groups is 1. The number of rotatable bonds is 2. The van der Waals surface area contributed by atoms with Crippen molar-refractivity contribution >= 4 is 11.6 Å². The predicted molar refractivity (Wildman–Crippen MR) is 47.7 cm³/mol. The van der Waals surface area contributed by atoms with Crippen LogP contribution in [0.5, 0.6) is 0 Å². The summed E-state index contributed by atoms with van der Waals surface area (Å²) in [7, 11) is 1.70. The minimum absolute atomic E-state index is 0.0521. The smallest absolute Gasteiger partial charge is 0.207 e. The topological polar surface area (TPSA) is 78.0 Å². The van der Waals surface area contributed by atoms with Crippen LogP contribution >= 0.6 is 0 Å². The molecule has 0 saturated carbocycles. The van der Waals surface area contributed by atoms with Crippen molar-refractivity contribution in [2.75, 3.05) is 12.1 Å². The second-order valence-electron chi connectivity index (χ2n) is 2.15. The molecule has 1 heterocycles. The lowest BCUT2D eigenvalue weighted by Crippen LogP contribution is -2.44. The molecule has 12 heavy (non-hydrogen) atoms. The Kier molecular flexibility index (Phi) is 2.60. The number of nitrogens with two attached hydrogens (primary N) is 1. The maximum Gasteiger partial charge on any atom is 0.207 e. The van der Waals surface area contributed by atoms with Crippen molar-refractivity contribution in [3.05, 3.63) is 24.5 Å². The highest BCUT2D eigenvalue weighted by atomic mass is 15.5. The van der Waals surface area contributed by atoms with Crippen molar-refractivity contribution in [2.24, 2.45) is 5.73 Å². The summed E-state index contributed by atoms with van der Waals surface area (Å²) in [6, 6.07) is 3.52. The van der Waals surface area contributed by atoms with Crippen LogP contribution in [0.15, 0.2) is 24.5 Å². The minimum Gasteiger partial charge on any atom is -0.369 e. The Hall–Kier alpha value is -1.62. The Morgan fingerprint density at radius 2 is 2.17 bits per heavy atom. The van der Waals surface area contributed by atoms with Gasteiger partial charge in [0.05, 0.1) is 5.69 Å². The van der Waals surface area contributed by atoms with E-state index < -0.39 is 0 Å². The molecule has 0 saturated heterocycles. The Bertz CT molecular complexity index is 258. The van der Waals surface area contributed by atoms with Crippen LogP contribution in [0, 0.1) is 5.41 Å². The van der Waals surface area contributed by atoms with Gasteiger partial charge in [0.2, 0.25) is 5.96 Å². The van der Waals surface area contributed by atoms with Gasteiger partial charge >= 0.3 is 0 Å². The molecule has 1 rings (SSSR count).